The molecule has 1 heterocycles. The predicted molar refractivity (Wildman–Crippen MR) is 73.7 cm³/mol. The molecule has 0 aliphatic carbocycles. The molecule has 2 N–H and O–H groups in total. The summed E-state index contributed by atoms with van der Waals surface area (Å²) in [7, 11) is 0. The second-order valence-corrected chi connectivity index (χ2v) is 5.42. The molecule has 0 bridgehead atoms. The van der Waals surface area contributed by atoms with Gasteiger partial charge in [-0.3, -0.25) is 0 Å². The summed E-state index contributed by atoms with van der Waals surface area (Å²) < 4.78 is 14.0. The highest BCUT2D eigenvalue weighted by molar-refractivity contribution is 5.56. The van der Waals surface area contributed by atoms with Gasteiger partial charge in [0.1, 0.15) is 5.82 Å². The predicted octanol–water partition coefficient (Wildman–Crippen LogP) is 2.48. The fraction of sp³-hybridized carbons (Fsp3) is 0.600. The fourth-order valence-electron chi connectivity index (χ4n) is 2.81. The summed E-state index contributed by atoms with van der Waals surface area (Å²) >= 11 is 0. The van der Waals surface area contributed by atoms with Crippen LogP contribution < -0.4 is 4.90 Å². The highest BCUT2D eigenvalue weighted by Crippen LogP contribution is 2.32. The lowest BCUT2D eigenvalue weighted by molar-refractivity contribution is 0.109. The lowest BCUT2D eigenvalue weighted by Crippen LogP contribution is -2.38. The van der Waals surface area contributed by atoms with Crippen molar-refractivity contribution >= 4 is 5.69 Å². The van der Waals surface area contributed by atoms with Crippen LogP contribution in [0.2, 0.25) is 0 Å². The molecule has 0 spiro atoms. The Bertz CT molecular complexity index is 426. The van der Waals surface area contributed by atoms with Gasteiger partial charge in [0.05, 0.1) is 17.9 Å². The highest BCUT2D eigenvalue weighted by atomic mass is 19.1. The highest BCUT2D eigenvalue weighted by Gasteiger charge is 2.26. The topological polar surface area (TPSA) is 43.7 Å². The quantitative estimate of drug-likeness (QED) is 0.884. The first-order chi connectivity index (χ1) is 9.00. The van der Waals surface area contributed by atoms with Crippen molar-refractivity contribution in [3.8, 4) is 0 Å². The Balaban J connectivity index is 2.19. The zero-order chi connectivity index (χ0) is 14.0. The molecular weight excluding hydrogens is 245 g/mol. The Hall–Kier alpha value is -1.13. The molecule has 2 atom stereocenters. The molecule has 1 aliphatic rings. The van der Waals surface area contributed by atoms with E-state index in [4.69, 9.17) is 0 Å². The van der Waals surface area contributed by atoms with E-state index in [0.717, 1.165) is 25.9 Å². The van der Waals surface area contributed by atoms with Crippen LogP contribution in [0.15, 0.2) is 18.2 Å². The van der Waals surface area contributed by atoms with Crippen molar-refractivity contribution in [2.45, 2.75) is 38.9 Å². The van der Waals surface area contributed by atoms with Crippen molar-refractivity contribution in [1.29, 1.82) is 0 Å². The van der Waals surface area contributed by atoms with Gasteiger partial charge >= 0.3 is 0 Å². The summed E-state index contributed by atoms with van der Waals surface area (Å²) in [4.78, 5) is 1.98. The number of aliphatic hydroxyl groups excluding tert-OH is 2. The van der Waals surface area contributed by atoms with E-state index in [9.17, 15) is 14.6 Å². The van der Waals surface area contributed by atoms with Gasteiger partial charge in [-0.1, -0.05) is 12.1 Å². The van der Waals surface area contributed by atoms with E-state index < -0.39 is 6.10 Å². The average Bonchev–Trinajstić information content (AvgIpc) is 2.38. The van der Waals surface area contributed by atoms with Gasteiger partial charge in [-0.15, -0.1) is 0 Å². The van der Waals surface area contributed by atoms with E-state index in [-0.39, 0.29) is 17.8 Å². The molecule has 1 aromatic rings. The van der Waals surface area contributed by atoms with Gasteiger partial charge in [0, 0.05) is 18.7 Å². The number of nitrogens with zero attached hydrogens (tertiary/aromatic N) is 1. The third-order valence-electron chi connectivity index (χ3n) is 4.01. The third-order valence-corrected chi connectivity index (χ3v) is 4.01. The molecule has 1 unspecified atom stereocenters. The van der Waals surface area contributed by atoms with Crippen LogP contribution in [-0.4, -0.2) is 29.4 Å². The van der Waals surface area contributed by atoms with Crippen molar-refractivity contribution in [3.05, 3.63) is 29.6 Å². The summed E-state index contributed by atoms with van der Waals surface area (Å²) in [6.07, 6.45) is 0.718. The molecule has 106 valence electrons. The third kappa shape index (κ3) is 3.07. The normalized spacial score (nSPS) is 20.4. The fourth-order valence-corrected chi connectivity index (χ4v) is 2.81. The summed E-state index contributed by atoms with van der Waals surface area (Å²) in [6.45, 7) is 4.90. The first kappa shape index (κ1) is 14.3. The molecule has 0 radical (unpaired) electrons. The van der Waals surface area contributed by atoms with Crippen LogP contribution >= 0.6 is 0 Å². The molecule has 3 nitrogen and oxygen atoms in total. The zero-order valence-corrected chi connectivity index (χ0v) is 11.5. The molecular formula is C15H22FNO2. The van der Waals surface area contributed by atoms with Crippen LogP contribution in [0.25, 0.3) is 0 Å². The average molecular weight is 267 g/mol. The first-order valence-corrected chi connectivity index (χ1v) is 6.90. The van der Waals surface area contributed by atoms with E-state index in [0.29, 0.717) is 11.3 Å². The number of para-hydroxylation sites is 1. The maximum atomic E-state index is 14.0. The molecule has 1 saturated heterocycles. The molecule has 1 aliphatic heterocycles. The van der Waals surface area contributed by atoms with Crippen molar-refractivity contribution in [1.82, 2.24) is 0 Å². The van der Waals surface area contributed by atoms with Crippen molar-refractivity contribution in [2.24, 2.45) is 5.92 Å². The monoisotopic (exact) mass is 267 g/mol. The molecule has 1 fully saturated rings. The number of piperidine rings is 1. The van der Waals surface area contributed by atoms with Gasteiger partial charge in [-0.25, -0.2) is 4.39 Å². The second kappa shape index (κ2) is 5.88. The Labute approximate surface area is 113 Å². The van der Waals surface area contributed by atoms with Crippen molar-refractivity contribution in [3.63, 3.8) is 0 Å². The maximum absolute atomic E-state index is 14.0. The Kier molecular flexibility index (Phi) is 4.42. The standard InChI is InChI=1S/C15H22FNO2/c1-10(18)12-6-8-17(9-7-12)15-13(11(2)19)4-3-5-14(15)16/h3-5,10-12,18-19H,6-9H2,1-2H3/t10?,11-/m0/s1. The van der Waals surface area contributed by atoms with Crippen LogP contribution in [-0.2, 0) is 0 Å². The van der Waals surface area contributed by atoms with E-state index >= 15 is 0 Å². The SMILES string of the molecule is CC(O)C1CCN(c2c(F)cccc2[C@H](C)O)CC1. The van der Waals surface area contributed by atoms with Gasteiger partial charge in [-0.05, 0) is 38.7 Å². The van der Waals surface area contributed by atoms with Gasteiger partial charge in [0.2, 0.25) is 0 Å². The summed E-state index contributed by atoms with van der Waals surface area (Å²) in [5.74, 6) is 0.00641. The van der Waals surface area contributed by atoms with Crippen LogP contribution in [0.3, 0.4) is 0 Å². The van der Waals surface area contributed by atoms with Gasteiger partial charge in [0.15, 0.2) is 0 Å². The largest absolute Gasteiger partial charge is 0.393 e. The molecule has 2 rings (SSSR count). The van der Waals surface area contributed by atoms with Crippen LogP contribution in [0.5, 0.6) is 0 Å². The second-order valence-electron chi connectivity index (χ2n) is 5.42. The summed E-state index contributed by atoms with van der Waals surface area (Å²) in [5.41, 5.74) is 1.15. The smallest absolute Gasteiger partial charge is 0.146 e. The first-order valence-electron chi connectivity index (χ1n) is 6.90. The van der Waals surface area contributed by atoms with Crippen LogP contribution in [0, 0.1) is 11.7 Å². The number of aliphatic hydroxyl groups is 2. The molecule has 0 aromatic heterocycles. The minimum Gasteiger partial charge on any atom is -0.393 e. The number of halogens is 1. The van der Waals surface area contributed by atoms with E-state index in [1.165, 1.54) is 6.07 Å². The van der Waals surface area contributed by atoms with Crippen molar-refractivity contribution < 1.29 is 14.6 Å². The lowest BCUT2D eigenvalue weighted by atomic mass is 9.91. The zero-order valence-electron chi connectivity index (χ0n) is 11.5. The number of rotatable bonds is 3. The molecule has 0 saturated carbocycles. The molecule has 1 aromatic carbocycles. The number of anilines is 1. The number of benzene rings is 1. The maximum Gasteiger partial charge on any atom is 0.146 e. The van der Waals surface area contributed by atoms with E-state index in [1.54, 1.807) is 19.1 Å². The minimum absolute atomic E-state index is 0.283. The van der Waals surface area contributed by atoms with Gasteiger partial charge in [-0.2, -0.15) is 0 Å². The number of hydrogen-bond acceptors (Lipinski definition) is 3. The van der Waals surface area contributed by atoms with Gasteiger partial charge < -0.3 is 15.1 Å². The minimum atomic E-state index is -0.680. The lowest BCUT2D eigenvalue weighted by Gasteiger charge is -2.36. The van der Waals surface area contributed by atoms with Crippen molar-refractivity contribution in [2.75, 3.05) is 18.0 Å². The van der Waals surface area contributed by atoms with Gasteiger partial charge in [0.25, 0.3) is 0 Å². The van der Waals surface area contributed by atoms with Crippen LogP contribution in [0.1, 0.15) is 38.4 Å². The summed E-state index contributed by atoms with van der Waals surface area (Å²) in [5, 5.41) is 19.4. The Morgan fingerprint density at radius 3 is 2.37 bits per heavy atom. The number of hydrogen-bond donors (Lipinski definition) is 2. The Morgan fingerprint density at radius 2 is 1.84 bits per heavy atom. The van der Waals surface area contributed by atoms with E-state index in [2.05, 4.69) is 0 Å². The Morgan fingerprint density at radius 1 is 1.21 bits per heavy atom. The summed E-state index contributed by atoms with van der Waals surface area (Å²) in [6, 6.07) is 4.83. The molecule has 0 amide bonds. The van der Waals surface area contributed by atoms with E-state index in [1.807, 2.05) is 11.8 Å². The molecule has 4 heteroatoms. The van der Waals surface area contributed by atoms with Crippen LogP contribution in [0.4, 0.5) is 10.1 Å². The molecule has 19 heavy (non-hydrogen) atoms.